The van der Waals surface area contributed by atoms with E-state index in [-0.39, 0.29) is 0 Å². The van der Waals surface area contributed by atoms with Crippen molar-refractivity contribution in [2.45, 2.75) is 27.7 Å². The maximum Gasteiger partial charge on any atom is 0.147 e. The molecule has 4 nitrogen and oxygen atoms in total. The van der Waals surface area contributed by atoms with Crippen LogP contribution in [0.5, 0.6) is 0 Å². The topological polar surface area (TPSA) is 55.0 Å². The Morgan fingerprint density at radius 3 is 2.19 bits per heavy atom. The molecule has 2 aromatic rings. The Kier molecular flexibility index (Phi) is 5.17. The fourth-order valence-corrected chi connectivity index (χ4v) is 3.28. The van der Waals surface area contributed by atoms with Gasteiger partial charge in [0, 0.05) is 25.5 Å². The quantitative estimate of drug-likeness (QED) is 0.879. The molecule has 0 aliphatic rings. The smallest absolute Gasteiger partial charge is 0.147 e. The van der Waals surface area contributed by atoms with Gasteiger partial charge < -0.3 is 10.6 Å². The van der Waals surface area contributed by atoms with E-state index >= 15 is 0 Å². The summed E-state index contributed by atoms with van der Waals surface area (Å²) in [7, 11) is 0. The monoisotopic (exact) mass is 304 g/mol. The van der Waals surface area contributed by atoms with Gasteiger partial charge in [0.25, 0.3) is 0 Å². The van der Waals surface area contributed by atoms with Gasteiger partial charge in [0.05, 0.1) is 5.56 Å². The summed E-state index contributed by atoms with van der Waals surface area (Å²) < 4.78 is 4.39. The van der Waals surface area contributed by atoms with Crippen molar-refractivity contribution in [2.24, 2.45) is 11.8 Å². The minimum Gasteiger partial charge on any atom is -0.382 e. The van der Waals surface area contributed by atoms with Crippen LogP contribution in [0.2, 0.25) is 0 Å². The second kappa shape index (κ2) is 6.89. The molecule has 0 aliphatic heterocycles. The summed E-state index contributed by atoms with van der Waals surface area (Å²) >= 11 is 1.49. The molecule has 5 heteroatoms. The van der Waals surface area contributed by atoms with E-state index in [1.165, 1.54) is 16.5 Å². The molecule has 0 saturated heterocycles. The van der Waals surface area contributed by atoms with Gasteiger partial charge >= 0.3 is 0 Å². The number of rotatable bonds is 6. The average Bonchev–Trinajstić information content (AvgIpc) is 2.80. The summed E-state index contributed by atoms with van der Waals surface area (Å²) in [6.07, 6.45) is 3.59. The number of nitrogens with two attached hydrogens (primary N) is 1. The fourth-order valence-electron chi connectivity index (χ4n) is 2.42. The van der Waals surface area contributed by atoms with Crippen LogP contribution in [-0.2, 0) is 0 Å². The number of hydrogen-bond donors (Lipinski definition) is 1. The Hall–Kier alpha value is -1.62. The number of hydrogen-bond acceptors (Lipinski definition) is 5. The summed E-state index contributed by atoms with van der Waals surface area (Å²) in [5, 5.41) is 1.17. The molecule has 0 spiro atoms. The first kappa shape index (κ1) is 15.8. The molecule has 2 heterocycles. The summed E-state index contributed by atoms with van der Waals surface area (Å²) in [6.45, 7) is 11.0. The van der Waals surface area contributed by atoms with E-state index < -0.39 is 0 Å². The molecule has 2 aromatic heterocycles. The summed E-state index contributed by atoms with van der Waals surface area (Å²) in [4.78, 5) is 6.50. The Bertz CT molecular complexity index is 553. The zero-order valence-electron chi connectivity index (χ0n) is 13.2. The predicted molar refractivity (Wildman–Crippen MR) is 91.6 cm³/mol. The molecule has 0 aliphatic carbocycles. The maximum atomic E-state index is 6.13. The number of pyridine rings is 1. The maximum absolute atomic E-state index is 6.13. The van der Waals surface area contributed by atoms with Crippen LogP contribution in [-0.4, -0.2) is 22.4 Å². The van der Waals surface area contributed by atoms with Crippen LogP contribution in [0.1, 0.15) is 27.7 Å². The lowest BCUT2D eigenvalue weighted by molar-refractivity contribution is 0.555. The molecule has 0 saturated carbocycles. The third-order valence-electron chi connectivity index (χ3n) is 3.13. The van der Waals surface area contributed by atoms with E-state index in [0.29, 0.717) is 17.7 Å². The van der Waals surface area contributed by atoms with Crippen molar-refractivity contribution in [1.29, 1.82) is 0 Å². The summed E-state index contributed by atoms with van der Waals surface area (Å²) in [5.74, 6) is 1.80. The number of anilines is 2. The normalized spacial score (nSPS) is 11.3. The second-order valence-electron chi connectivity index (χ2n) is 6.18. The van der Waals surface area contributed by atoms with Crippen LogP contribution in [0.25, 0.3) is 11.1 Å². The summed E-state index contributed by atoms with van der Waals surface area (Å²) in [6, 6.07) is 3.99. The molecular formula is C16H24N4S. The number of nitrogens with zero attached hydrogens (tertiary/aromatic N) is 3. The largest absolute Gasteiger partial charge is 0.382 e. The second-order valence-corrected chi connectivity index (χ2v) is 6.93. The zero-order chi connectivity index (χ0) is 15.4. The Morgan fingerprint density at radius 1 is 1.10 bits per heavy atom. The highest BCUT2D eigenvalue weighted by Gasteiger charge is 2.20. The lowest BCUT2D eigenvalue weighted by Gasteiger charge is -2.27. The minimum absolute atomic E-state index is 0.595. The van der Waals surface area contributed by atoms with Crippen molar-refractivity contribution in [1.82, 2.24) is 9.36 Å². The van der Waals surface area contributed by atoms with Crippen molar-refractivity contribution in [3.05, 3.63) is 24.5 Å². The van der Waals surface area contributed by atoms with E-state index in [1.807, 2.05) is 12.1 Å². The minimum atomic E-state index is 0.595. The van der Waals surface area contributed by atoms with Gasteiger partial charge in [-0.25, -0.2) is 0 Å². The van der Waals surface area contributed by atoms with Crippen molar-refractivity contribution >= 4 is 22.4 Å². The SMILES string of the molecule is CC(C)CN(CC(C)C)c1snc(N)c1-c1ccncc1. The van der Waals surface area contributed by atoms with Crippen molar-refractivity contribution in [2.75, 3.05) is 23.7 Å². The molecule has 2 N–H and O–H groups in total. The lowest BCUT2D eigenvalue weighted by Crippen LogP contribution is -2.31. The highest BCUT2D eigenvalue weighted by atomic mass is 32.1. The highest BCUT2D eigenvalue weighted by Crippen LogP contribution is 2.39. The van der Waals surface area contributed by atoms with Crippen LogP contribution >= 0.6 is 11.5 Å². The molecule has 114 valence electrons. The third-order valence-corrected chi connectivity index (χ3v) is 4.05. The van der Waals surface area contributed by atoms with Crippen LogP contribution in [0.15, 0.2) is 24.5 Å². The van der Waals surface area contributed by atoms with Gasteiger partial charge in [-0.2, -0.15) is 4.37 Å². The molecule has 21 heavy (non-hydrogen) atoms. The number of nitrogen functional groups attached to an aromatic ring is 1. The van der Waals surface area contributed by atoms with Crippen LogP contribution in [0.4, 0.5) is 10.8 Å². The van der Waals surface area contributed by atoms with E-state index in [0.717, 1.165) is 24.2 Å². The van der Waals surface area contributed by atoms with Gasteiger partial charge in [0.1, 0.15) is 10.8 Å². The highest BCUT2D eigenvalue weighted by molar-refractivity contribution is 7.11. The van der Waals surface area contributed by atoms with Gasteiger partial charge in [-0.3, -0.25) is 4.98 Å². The average molecular weight is 304 g/mol. The van der Waals surface area contributed by atoms with E-state index in [4.69, 9.17) is 5.73 Å². The molecule has 0 fully saturated rings. The molecule has 0 bridgehead atoms. The first-order valence-corrected chi connectivity index (χ1v) is 8.16. The predicted octanol–water partition coefficient (Wildman–Crippen LogP) is 3.91. The van der Waals surface area contributed by atoms with Crippen LogP contribution in [0, 0.1) is 11.8 Å². The van der Waals surface area contributed by atoms with Gasteiger partial charge in [-0.15, -0.1) is 0 Å². The van der Waals surface area contributed by atoms with Gasteiger partial charge in [0.15, 0.2) is 0 Å². The van der Waals surface area contributed by atoms with Crippen LogP contribution in [0.3, 0.4) is 0 Å². The molecule has 2 rings (SSSR count). The molecule has 0 unspecified atom stereocenters. The van der Waals surface area contributed by atoms with E-state index in [2.05, 4.69) is 42.0 Å². The van der Waals surface area contributed by atoms with E-state index in [1.54, 1.807) is 12.4 Å². The van der Waals surface area contributed by atoms with Gasteiger partial charge in [0.2, 0.25) is 0 Å². The van der Waals surface area contributed by atoms with Crippen molar-refractivity contribution in [3.63, 3.8) is 0 Å². The third kappa shape index (κ3) is 3.94. The zero-order valence-corrected chi connectivity index (χ0v) is 14.0. The van der Waals surface area contributed by atoms with E-state index in [9.17, 15) is 0 Å². The first-order valence-electron chi connectivity index (χ1n) is 7.39. The van der Waals surface area contributed by atoms with Gasteiger partial charge in [-0.05, 0) is 41.1 Å². The molecule has 0 radical (unpaired) electrons. The molecule has 0 atom stereocenters. The number of aromatic nitrogens is 2. The van der Waals surface area contributed by atoms with Gasteiger partial charge in [-0.1, -0.05) is 27.7 Å². The summed E-state index contributed by atoms with van der Waals surface area (Å²) in [5.41, 5.74) is 8.26. The molecule has 0 amide bonds. The fraction of sp³-hybridized carbons (Fsp3) is 0.500. The lowest BCUT2D eigenvalue weighted by atomic mass is 10.1. The van der Waals surface area contributed by atoms with Crippen molar-refractivity contribution < 1.29 is 0 Å². The van der Waals surface area contributed by atoms with Crippen LogP contribution < -0.4 is 10.6 Å². The molecule has 0 aromatic carbocycles. The Balaban J connectivity index is 2.42. The first-order chi connectivity index (χ1) is 9.99. The Labute approximate surface area is 131 Å². The van der Waals surface area contributed by atoms with Crippen molar-refractivity contribution in [3.8, 4) is 11.1 Å². The Morgan fingerprint density at radius 2 is 1.67 bits per heavy atom. The molecular weight excluding hydrogens is 280 g/mol. The standard InChI is InChI=1S/C16H24N4S/c1-11(2)9-20(10-12(3)4)16-14(15(17)19-21-16)13-5-7-18-8-6-13/h5-8,11-12H,9-10H2,1-4H3,(H2,17,19).